The zero-order chi connectivity index (χ0) is 10.6. The Balaban J connectivity index is 2.29. The Morgan fingerprint density at radius 3 is 2.43 bits per heavy atom. The molecular weight excluding hydrogens is 184 g/mol. The summed E-state index contributed by atoms with van der Waals surface area (Å²) in [6.07, 6.45) is 2.59. The maximum Gasteiger partial charge on any atom is 0.323 e. The summed E-state index contributed by atoms with van der Waals surface area (Å²) in [5.41, 5.74) is -0.756. The van der Waals surface area contributed by atoms with Crippen LogP contribution in [-0.4, -0.2) is 36.1 Å². The Hall–Kier alpha value is -1.10. The quantitative estimate of drug-likeness (QED) is 0.570. The van der Waals surface area contributed by atoms with Gasteiger partial charge in [0.2, 0.25) is 5.91 Å². The van der Waals surface area contributed by atoms with Crippen molar-refractivity contribution >= 4 is 11.9 Å². The Kier molecular flexibility index (Phi) is 3.46. The maximum absolute atomic E-state index is 10.9. The lowest BCUT2D eigenvalue weighted by Crippen LogP contribution is -2.57. The van der Waals surface area contributed by atoms with Crippen LogP contribution in [0, 0.1) is 0 Å². The van der Waals surface area contributed by atoms with Crippen LogP contribution in [0.5, 0.6) is 0 Å². The van der Waals surface area contributed by atoms with E-state index in [0.29, 0.717) is 25.8 Å². The van der Waals surface area contributed by atoms with Crippen molar-refractivity contribution < 1.29 is 14.7 Å². The number of nitrogens with one attached hydrogen (secondary N) is 2. The number of carbonyl (C=O) groups excluding carboxylic acids is 1. The first-order chi connectivity index (χ1) is 6.60. The molecular formula is C9H16N2O3. The average molecular weight is 200 g/mol. The van der Waals surface area contributed by atoms with Gasteiger partial charge in [0.15, 0.2) is 0 Å². The van der Waals surface area contributed by atoms with Crippen molar-refractivity contribution in [3.63, 3.8) is 0 Å². The SMILES string of the molecule is CNC(=O)CCNC1(C(=O)O)CCC1. The molecule has 0 heterocycles. The number of carbonyl (C=O) groups is 2. The number of carboxylic acids is 1. The minimum absolute atomic E-state index is 0.0719. The third kappa shape index (κ3) is 2.23. The van der Waals surface area contributed by atoms with Crippen molar-refractivity contribution in [3.05, 3.63) is 0 Å². The van der Waals surface area contributed by atoms with E-state index in [-0.39, 0.29) is 5.91 Å². The predicted octanol–water partition coefficient (Wildman–Crippen LogP) is -0.281. The van der Waals surface area contributed by atoms with E-state index in [1.165, 1.54) is 0 Å². The summed E-state index contributed by atoms with van der Waals surface area (Å²) in [5.74, 6) is -0.877. The first-order valence-corrected chi connectivity index (χ1v) is 4.80. The van der Waals surface area contributed by atoms with Gasteiger partial charge in [-0.25, -0.2) is 0 Å². The molecule has 5 nitrogen and oxygen atoms in total. The summed E-state index contributed by atoms with van der Waals surface area (Å²) in [6, 6.07) is 0. The molecule has 0 aliphatic heterocycles. The maximum atomic E-state index is 10.9. The zero-order valence-corrected chi connectivity index (χ0v) is 8.30. The lowest BCUT2D eigenvalue weighted by Gasteiger charge is -2.38. The molecule has 0 aromatic rings. The highest BCUT2D eigenvalue weighted by Crippen LogP contribution is 2.31. The molecule has 0 aromatic heterocycles. The Bertz CT molecular complexity index is 236. The lowest BCUT2D eigenvalue weighted by atomic mass is 9.77. The van der Waals surface area contributed by atoms with Crippen LogP contribution in [0.4, 0.5) is 0 Å². The highest BCUT2D eigenvalue weighted by atomic mass is 16.4. The van der Waals surface area contributed by atoms with Gasteiger partial charge in [-0.2, -0.15) is 0 Å². The molecule has 14 heavy (non-hydrogen) atoms. The monoisotopic (exact) mass is 200 g/mol. The molecule has 0 unspecified atom stereocenters. The molecule has 1 aliphatic carbocycles. The van der Waals surface area contributed by atoms with Crippen molar-refractivity contribution in [2.24, 2.45) is 0 Å². The van der Waals surface area contributed by atoms with Crippen LogP contribution in [0.1, 0.15) is 25.7 Å². The summed E-state index contributed by atoms with van der Waals surface area (Å²) in [6.45, 7) is 0.423. The average Bonchev–Trinajstić information content (AvgIpc) is 2.08. The van der Waals surface area contributed by atoms with Crippen LogP contribution in [0.3, 0.4) is 0 Å². The van der Waals surface area contributed by atoms with Crippen molar-refractivity contribution in [3.8, 4) is 0 Å². The third-order valence-corrected chi connectivity index (χ3v) is 2.71. The largest absolute Gasteiger partial charge is 0.480 e. The molecule has 80 valence electrons. The second kappa shape index (κ2) is 4.41. The van der Waals surface area contributed by atoms with Gasteiger partial charge in [0.1, 0.15) is 5.54 Å². The normalized spacial score (nSPS) is 18.4. The lowest BCUT2D eigenvalue weighted by molar-refractivity contribution is -0.149. The molecule has 0 saturated heterocycles. The van der Waals surface area contributed by atoms with E-state index in [1.807, 2.05) is 0 Å². The predicted molar refractivity (Wildman–Crippen MR) is 50.9 cm³/mol. The summed E-state index contributed by atoms with van der Waals surface area (Å²) in [5, 5.41) is 14.4. The Morgan fingerprint density at radius 1 is 1.43 bits per heavy atom. The van der Waals surface area contributed by atoms with E-state index in [2.05, 4.69) is 10.6 Å². The van der Waals surface area contributed by atoms with Gasteiger partial charge < -0.3 is 15.7 Å². The highest BCUT2D eigenvalue weighted by molar-refractivity contribution is 5.80. The molecule has 1 saturated carbocycles. The number of carboxylic acid groups (broad SMARTS) is 1. The van der Waals surface area contributed by atoms with Gasteiger partial charge in [0.05, 0.1) is 0 Å². The Labute approximate surface area is 82.9 Å². The molecule has 0 atom stereocenters. The van der Waals surface area contributed by atoms with Gasteiger partial charge >= 0.3 is 5.97 Å². The summed E-state index contributed by atoms with van der Waals surface area (Å²) in [4.78, 5) is 21.8. The number of hydrogen-bond acceptors (Lipinski definition) is 3. The van der Waals surface area contributed by atoms with Crippen LogP contribution < -0.4 is 10.6 Å². The van der Waals surface area contributed by atoms with Crippen molar-refractivity contribution in [2.75, 3.05) is 13.6 Å². The fourth-order valence-corrected chi connectivity index (χ4v) is 1.54. The molecule has 0 bridgehead atoms. The number of aliphatic carboxylic acids is 1. The molecule has 1 rings (SSSR count). The molecule has 1 aliphatic rings. The number of amides is 1. The molecule has 1 fully saturated rings. The van der Waals surface area contributed by atoms with E-state index in [9.17, 15) is 9.59 Å². The van der Waals surface area contributed by atoms with Gasteiger partial charge in [-0.05, 0) is 19.3 Å². The molecule has 5 heteroatoms. The van der Waals surface area contributed by atoms with E-state index in [1.54, 1.807) is 7.05 Å². The zero-order valence-electron chi connectivity index (χ0n) is 8.30. The van der Waals surface area contributed by atoms with Gasteiger partial charge in [0, 0.05) is 20.0 Å². The van der Waals surface area contributed by atoms with E-state index >= 15 is 0 Å². The first-order valence-electron chi connectivity index (χ1n) is 4.80. The summed E-state index contributed by atoms with van der Waals surface area (Å²) in [7, 11) is 1.57. The van der Waals surface area contributed by atoms with Crippen LogP contribution in [0.2, 0.25) is 0 Å². The van der Waals surface area contributed by atoms with Crippen molar-refractivity contribution in [1.29, 1.82) is 0 Å². The first kappa shape index (κ1) is 11.0. The van der Waals surface area contributed by atoms with Crippen molar-refractivity contribution in [2.45, 2.75) is 31.2 Å². The molecule has 1 amide bonds. The van der Waals surface area contributed by atoms with Crippen LogP contribution in [0.15, 0.2) is 0 Å². The minimum Gasteiger partial charge on any atom is -0.480 e. The summed E-state index contributed by atoms with van der Waals surface area (Å²) < 4.78 is 0. The highest BCUT2D eigenvalue weighted by Gasteiger charge is 2.43. The second-order valence-corrected chi connectivity index (χ2v) is 3.59. The molecule has 0 radical (unpaired) electrons. The van der Waals surface area contributed by atoms with Gasteiger partial charge in [-0.15, -0.1) is 0 Å². The van der Waals surface area contributed by atoms with Gasteiger partial charge in [0.25, 0.3) is 0 Å². The number of rotatable bonds is 5. The minimum atomic E-state index is -0.805. The Morgan fingerprint density at radius 2 is 2.07 bits per heavy atom. The fourth-order valence-electron chi connectivity index (χ4n) is 1.54. The molecule has 3 N–H and O–H groups in total. The van der Waals surface area contributed by atoms with Gasteiger partial charge in [-0.3, -0.25) is 9.59 Å². The smallest absolute Gasteiger partial charge is 0.323 e. The molecule has 0 spiro atoms. The van der Waals surface area contributed by atoms with Crippen LogP contribution >= 0.6 is 0 Å². The van der Waals surface area contributed by atoms with Crippen LogP contribution in [-0.2, 0) is 9.59 Å². The standard InChI is InChI=1S/C9H16N2O3/c1-10-7(12)3-6-11-9(8(13)14)4-2-5-9/h11H,2-6H2,1H3,(H,10,12)(H,13,14). The van der Waals surface area contributed by atoms with Crippen LogP contribution in [0.25, 0.3) is 0 Å². The third-order valence-electron chi connectivity index (χ3n) is 2.71. The number of hydrogen-bond donors (Lipinski definition) is 3. The van der Waals surface area contributed by atoms with E-state index in [4.69, 9.17) is 5.11 Å². The van der Waals surface area contributed by atoms with Gasteiger partial charge in [-0.1, -0.05) is 0 Å². The van der Waals surface area contributed by atoms with Crippen molar-refractivity contribution in [1.82, 2.24) is 10.6 Å². The van der Waals surface area contributed by atoms with E-state index < -0.39 is 11.5 Å². The van der Waals surface area contributed by atoms with E-state index in [0.717, 1.165) is 6.42 Å². The molecule has 0 aromatic carbocycles. The fraction of sp³-hybridized carbons (Fsp3) is 0.778. The summed E-state index contributed by atoms with van der Waals surface area (Å²) >= 11 is 0. The second-order valence-electron chi connectivity index (χ2n) is 3.59. The topological polar surface area (TPSA) is 78.4 Å².